The van der Waals surface area contributed by atoms with Gasteiger partial charge in [0, 0.05) is 0 Å². The van der Waals surface area contributed by atoms with E-state index in [0.29, 0.717) is 5.92 Å². The van der Waals surface area contributed by atoms with E-state index >= 15 is 0 Å². The molecule has 1 heterocycles. The summed E-state index contributed by atoms with van der Waals surface area (Å²) in [5.41, 5.74) is -0.285. The van der Waals surface area contributed by atoms with Crippen LogP contribution in [0.5, 0.6) is 0 Å². The van der Waals surface area contributed by atoms with Gasteiger partial charge in [0.25, 0.3) is 0 Å². The second-order valence-corrected chi connectivity index (χ2v) is 3.77. The van der Waals surface area contributed by atoms with Crippen LogP contribution in [0.25, 0.3) is 0 Å². The fraction of sp³-hybridized carbons (Fsp3) is 0.889. The van der Waals surface area contributed by atoms with Gasteiger partial charge in [0.15, 0.2) is 0 Å². The topological polar surface area (TPSA) is 38.3 Å². The maximum Gasteiger partial charge on any atom is 0.326 e. The minimum absolute atomic E-state index is 0.0570. The molecule has 0 aromatic heterocycles. The van der Waals surface area contributed by atoms with Crippen molar-refractivity contribution in [3.63, 3.8) is 0 Å². The Morgan fingerprint density at radius 2 is 2.42 bits per heavy atom. The molecule has 1 aliphatic carbocycles. The first-order valence-electron chi connectivity index (χ1n) is 4.63. The van der Waals surface area contributed by atoms with Gasteiger partial charge in [-0.15, -0.1) is 0 Å². The first kappa shape index (κ1) is 8.05. The number of methoxy groups -OCH3 is 1. The van der Waals surface area contributed by atoms with E-state index in [-0.39, 0.29) is 11.5 Å². The molecule has 2 rings (SSSR count). The van der Waals surface area contributed by atoms with Crippen LogP contribution < -0.4 is 5.32 Å². The standard InChI is InChI=1S/C9H15NO2/c1-12-8(11)9-5-4-7(9)3-2-6-10-9/h7,10H,2-6H2,1H3/t7-,9+/m1/s1. The number of carbonyl (C=O) groups excluding carboxylic acids is 1. The van der Waals surface area contributed by atoms with E-state index < -0.39 is 0 Å². The van der Waals surface area contributed by atoms with Gasteiger partial charge in [0.1, 0.15) is 5.54 Å². The molecule has 3 heteroatoms. The summed E-state index contributed by atoms with van der Waals surface area (Å²) in [5, 5.41) is 3.31. The van der Waals surface area contributed by atoms with Crippen molar-refractivity contribution in [2.75, 3.05) is 13.7 Å². The van der Waals surface area contributed by atoms with Crippen molar-refractivity contribution >= 4 is 5.97 Å². The molecule has 3 nitrogen and oxygen atoms in total. The molecule has 0 aromatic carbocycles. The van der Waals surface area contributed by atoms with Gasteiger partial charge in [-0.05, 0) is 38.1 Å². The lowest BCUT2D eigenvalue weighted by Gasteiger charge is -2.50. The fourth-order valence-electron chi connectivity index (χ4n) is 2.44. The van der Waals surface area contributed by atoms with Crippen molar-refractivity contribution in [1.82, 2.24) is 5.32 Å². The zero-order chi connectivity index (χ0) is 8.60. The van der Waals surface area contributed by atoms with Crippen LogP contribution in [0.4, 0.5) is 0 Å². The lowest BCUT2D eigenvalue weighted by Crippen LogP contribution is -2.66. The Balaban J connectivity index is 2.12. The van der Waals surface area contributed by atoms with Crippen LogP contribution in [0.1, 0.15) is 25.7 Å². The summed E-state index contributed by atoms with van der Waals surface area (Å²) in [4.78, 5) is 11.5. The van der Waals surface area contributed by atoms with Crippen molar-refractivity contribution in [3.8, 4) is 0 Å². The summed E-state index contributed by atoms with van der Waals surface area (Å²) in [6, 6.07) is 0. The van der Waals surface area contributed by atoms with Gasteiger partial charge in [-0.3, -0.25) is 4.79 Å². The quantitative estimate of drug-likeness (QED) is 0.587. The molecule has 2 aliphatic rings. The molecule has 0 spiro atoms. The van der Waals surface area contributed by atoms with Gasteiger partial charge >= 0.3 is 5.97 Å². The first-order chi connectivity index (χ1) is 5.79. The lowest BCUT2D eigenvalue weighted by molar-refractivity contribution is -0.159. The third kappa shape index (κ3) is 0.891. The molecule has 68 valence electrons. The van der Waals surface area contributed by atoms with Crippen LogP contribution in [0, 0.1) is 5.92 Å². The van der Waals surface area contributed by atoms with Crippen molar-refractivity contribution in [2.24, 2.45) is 5.92 Å². The highest BCUT2D eigenvalue weighted by molar-refractivity contribution is 5.82. The molecule has 0 amide bonds. The Morgan fingerprint density at radius 1 is 1.58 bits per heavy atom. The average Bonchev–Trinajstić information content (AvgIpc) is 2.06. The maximum absolute atomic E-state index is 11.5. The molecular formula is C9H15NO2. The van der Waals surface area contributed by atoms with Crippen molar-refractivity contribution < 1.29 is 9.53 Å². The van der Waals surface area contributed by atoms with E-state index in [1.165, 1.54) is 26.4 Å². The van der Waals surface area contributed by atoms with Gasteiger partial charge < -0.3 is 10.1 Å². The van der Waals surface area contributed by atoms with Gasteiger partial charge in [-0.1, -0.05) is 0 Å². The minimum atomic E-state index is -0.285. The second kappa shape index (κ2) is 2.73. The summed E-state index contributed by atoms with van der Waals surface area (Å²) in [7, 11) is 1.47. The summed E-state index contributed by atoms with van der Waals surface area (Å²) in [6.07, 6.45) is 4.53. The highest BCUT2D eigenvalue weighted by Gasteiger charge is 2.54. The van der Waals surface area contributed by atoms with Crippen LogP contribution in [-0.2, 0) is 9.53 Å². The van der Waals surface area contributed by atoms with Crippen LogP contribution in [0.2, 0.25) is 0 Å². The third-order valence-corrected chi connectivity index (χ3v) is 3.30. The second-order valence-electron chi connectivity index (χ2n) is 3.77. The molecule has 1 aliphatic heterocycles. The van der Waals surface area contributed by atoms with E-state index in [4.69, 9.17) is 4.74 Å². The highest BCUT2D eigenvalue weighted by atomic mass is 16.5. The number of ether oxygens (including phenoxy) is 1. The molecule has 2 atom stereocenters. The fourth-order valence-corrected chi connectivity index (χ4v) is 2.44. The third-order valence-electron chi connectivity index (χ3n) is 3.30. The van der Waals surface area contributed by atoms with Crippen LogP contribution >= 0.6 is 0 Å². The van der Waals surface area contributed by atoms with Crippen molar-refractivity contribution in [3.05, 3.63) is 0 Å². The molecule has 12 heavy (non-hydrogen) atoms. The Bertz CT molecular complexity index is 205. The van der Waals surface area contributed by atoms with Crippen LogP contribution in [0.3, 0.4) is 0 Å². The largest absolute Gasteiger partial charge is 0.468 e. The van der Waals surface area contributed by atoms with E-state index in [9.17, 15) is 4.79 Å². The van der Waals surface area contributed by atoms with Gasteiger partial charge in [0.2, 0.25) is 0 Å². The maximum atomic E-state index is 11.5. The first-order valence-corrected chi connectivity index (χ1v) is 4.63. The monoisotopic (exact) mass is 169 g/mol. The van der Waals surface area contributed by atoms with Crippen molar-refractivity contribution in [1.29, 1.82) is 0 Å². The number of fused-ring (bicyclic) bond motifs is 1. The molecule has 2 fully saturated rings. The van der Waals surface area contributed by atoms with Crippen LogP contribution in [-0.4, -0.2) is 25.2 Å². The number of hydrogen-bond acceptors (Lipinski definition) is 3. The van der Waals surface area contributed by atoms with Crippen molar-refractivity contribution in [2.45, 2.75) is 31.2 Å². The number of esters is 1. The Morgan fingerprint density at radius 3 is 2.92 bits per heavy atom. The number of nitrogens with one attached hydrogen (secondary N) is 1. The molecular weight excluding hydrogens is 154 g/mol. The summed E-state index contributed by atoms with van der Waals surface area (Å²) in [5.74, 6) is 0.483. The van der Waals surface area contributed by atoms with E-state index in [0.717, 1.165) is 13.0 Å². The number of hydrogen-bond donors (Lipinski definition) is 1. The van der Waals surface area contributed by atoms with Crippen LogP contribution in [0.15, 0.2) is 0 Å². The molecule has 1 saturated heterocycles. The lowest BCUT2D eigenvalue weighted by atomic mass is 9.63. The van der Waals surface area contributed by atoms with Gasteiger partial charge in [0.05, 0.1) is 7.11 Å². The zero-order valence-corrected chi connectivity index (χ0v) is 7.43. The zero-order valence-electron chi connectivity index (χ0n) is 7.43. The average molecular weight is 169 g/mol. The molecule has 0 radical (unpaired) electrons. The summed E-state index contributed by atoms with van der Waals surface area (Å²) < 4.78 is 4.81. The van der Waals surface area contributed by atoms with E-state index in [1.54, 1.807) is 0 Å². The highest BCUT2D eigenvalue weighted by Crippen LogP contribution is 2.44. The molecule has 0 aromatic rings. The summed E-state index contributed by atoms with van der Waals surface area (Å²) in [6.45, 7) is 0.964. The predicted octanol–water partition coefficient (Wildman–Crippen LogP) is 0.692. The van der Waals surface area contributed by atoms with Gasteiger partial charge in [-0.2, -0.15) is 0 Å². The van der Waals surface area contributed by atoms with E-state index in [2.05, 4.69) is 5.32 Å². The molecule has 0 unspecified atom stereocenters. The minimum Gasteiger partial charge on any atom is -0.468 e. The number of piperidine rings is 1. The SMILES string of the molecule is COC(=O)[C@]12CC[C@H]1CCCN2. The number of carbonyl (C=O) groups is 1. The van der Waals surface area contributed by atoms with E-state index in [1.807, 2.05) is 0 Å². The van der Waals surface area contributed by atoms with Gasteiger partial charge in [-0.25, -0.2) is 0 Å². The molecule has 1 N–H and O–H groups in total. The Labute approximate surface area is 72.5 Å². The summed E-state index contributed by atoms with van der Waals surface area (Å²) >= 11 is 0. The normalized spacial score (nSPS) is 39.6. The molecule has 1 saturated carbocycles. The molecule has 0 bridgehead atoms. The number of rotatable bonds is 1. The smallest absolute Gasteiger partial charge is 0.326 e. The Hall–Kier alpha value is -0.570. The predicted molar refractivity (Wildman–Crippen MR) is 44.7 cm³/mol. The Kier molecular flexibility index (Phi) is 1.83.